The van der Waals surface area contributed by atoms with Crippen molar-refractivity contribution in [2.75, 3.05) is 31.6 Å². The Kier molecular flexibility index (Phi) is 11.8. The number of hydrogen-bond donors (Lipinski definition) is 1. The summed E-state index contributed by atoms with van der Waals surface area (Å²) in [5.41, 5.74) is 2.77. The lowest BCUT2D eigenvalue weighted by molar-refractivity contribution is -0.140. The maximum atomic E-state index is 14.5. The lowest BCUT2D eigenvalue weighted by Gasteiger charge is -2.34. The normalized spacial score (nSPS) is 11.7. The standard InChI is InChI=1S/C36H41N3O6S/c1-5-22-37-36(41)32(23-28-12-8-6-9-13-28)38(25-29-14-10-7-11-15-29)35(40)26-39(30-18-21-33(44-3)34(24-30)45-4)46(42,43)31-19-16-27(2)17-20-31/h6-21,24,32H,5,22-23,25-26H2,1-4H3,(H,37,41)/t32-/m1/s1. The van der Waals surface area contributed by atoms with Gasteiger partial charge in [-0.3, -0.25) is 13.9 Å². The Balaban J connectivity index is 1.82. The number of sulfonamides is 1. The number of aryl methyl sites for hydroxylation is 1. The quantitative estimate of drug-likeness (QED) is 0.187. The number of carbonyl (C=O) groups is 2. The van der Waals surface area contributed by atoms with Crippen molar-refractivity contribution in [3.05, 3.63) is 120 Å². The fraction of sp³-hybridized carbons (Fsp3) is 0.278. The van der Waals surface area contributed by atoms with Gasteiger partial charge >= 0.3 is 0 Å². The molecule has 0 radical (unpaired) electrons. The number of hydrogen-bond acceptors (Lipinski definition) is 6. The molecule has 2 amide bonds. The topological polar surface area (TPSA) is 105 Å². The van der Waals surface area contributed by atoms with E-state index in [1.165, 1.54) is 37.3 Å². The molecule has 0 aliphatic rings. The molecule has 0 saturated carbocycles. The Morgan fingerprint density at radius 2 is 1.41 bits per heavy atom. The third kappa shape index (κ3) is 8.45. The van der Waals surface area contributed by atoms with Crippen LogP contribution in [-0.2, 0) is 32.6 Å². The van der Waals surface area contributed by atoms with Gasteiger partial charge in [-0.15, -0.1) is 0 Å². The molecule has 0 unspecified atom stereocenters. The van der Waals surface area contributed by atoms with Crippen LogP contribution in [0.1, 0.15) is 30.0 Å². The van der Waals surface area contributed by atoms with Gasteiger partial charge in [0.05, 0.1) is 24.8 Å². The van der Waals surface area contributed by atoms with E-state index in [9.17, 15) is 18.0 Å². The van der Waals surface area contributed by atoms with Gasteiger partial charge in [0.15, 0.2) is 11.5 Å². The third-order valence-corrected chi connectivity index (χ3v) is 9.35. The zero-order valence-corrected chi connectivity index (χ0v) is 27.5. The molecule has 0 spiro atoms. The highest BCUT2D eigenvalue weighted by molar-refractivity contribution is 7.92. The zero-order chi connectivity index (χ0) is 33.1. The molecule has 0 heterocycles. The van der Waals surface area contributed by atoms with Crippen molar-refractivity contribution in [2.45, 2.75) is 44.2 Å². The summed E-state index contributed by atoms with van der Waals surface area (Å²) in [7, 11) is -1.31. The lowest BCUT2D eigenvalue weighted by atomic mass is 10.0. The first-order valence-corrected chi connectivity index (χ1v) is 16.6. The van der Waals surface area contributed by atoms with Crippen LogP contribution in [0.25, 0.3) is 0 Å². The highest BCUT2D eigenvalue weighted by Crippen LogP contribution is 2.34. The predicted octanol–water partition coefficient (Wildman–Crippen LogP) is 5.37. The average molecular weight is 644 g/mol. The van der Waals surface area contributed by atoms with Crippen molar-refractivity contribution in [3.8, 4) is 11.5 Å². The van der Waals surface area contributed by atoms with Crippen LogP contribution in [0, 0.1) is 6.92 Å². The zero-order valence-electron chi connectivity index (χ0n) is 26.7. The number of nitrogens with one attached hydrogen (secondary N) is 1. The van der Waals surface area contributed by atoms with Crippen LogP contribution < -0.4 is 19.1 Å². The first kappa shape index (κ1) is 34.1. The number of benzene rings is 4. The van der Waals surface area contributed by atoms with Crippen LogP contribution in [0.2, 0.25) is 0 Å². The summed E-state index contributed by atoms with van der Waals surface area (Å²) in [5, 5.41) is 2.95. The molecule has 0 bridgehead atoms. The summed E-state index contributed by atoms with van der Waals surface area (Å²) in [6, 6.07) is 29.0. The molecule has 0 aliphatic carbocycles. The van der Waals surface area contributed by atoms with Gasteiger partial charge in [-0.2, -0.15) is 0 Å². The second-order valence-electron chi connectivity index (χ2n) is 10.9. The van der Waals surface area contributed by atoms with E-state index in [0.717, 1.165) is 27.4 Å². The van der Waals surface area contributed by atoms with Gasteiger partial charge in [0.25, 0.3) is 10.0 Å². The lowest BCUT2D eigenvalue weighted by Crippen LogP contribution is -2.53. The highest BCUT2D eigenvalue weighted by atomic mass is 32.2. The molecule has 1 atom stereocenters. The Labute approximate surface area is 271 Å². The van der Waals surface area contributed by atoms with E-state index >= 15 is 0 Å². The van der Waals surface area contributed by atoms with Crippen LogP contribution in [0.5, 0.6) is 11.5 Å². The Morgan fingerprint density at radius 1 is 0.804 bits per heavy atom. The molecular weight excluding hydrogens is 602 g/mol. The highest BCUT2D eigenvalue weighted by Gasteiger charge is 2.35. The molecule has 1 N–H and O–H groups in total. The Morgan fingerprint density at radius 3 is 2.00 bits per heavy atom. The molecule has 0 fully saturated rings. The van der Waals surface area contributed by atoms with Gasteiger partial charge in [0.2, 0.25) is 11.8 Å². The number of ether oxygens (including phenoxy) is 2. The van der Waals surface area contributed by atoms with Crippen molar-refractivity contribution in [3.63, 3.8) is 0 Å². The van der Waals surface area contributed by atoms with Crippen LogP contribution in [0.4, 0.5) is 5.69 Å². The molecule has 242 valence electrons. The van der Waals surface area contributed by atoms with Crippen molar-refractivity contribution in [2.24, 2.45) is 0 Å². The second kappa shape index (κ2) is 15.9. The van der Waals surface area contributed by atoms with Crippen molar-refractivity contribution >= 4 is 27.5 Å². The minimum absolute atomic E-state index is 0.0248. The maximum Gasteiger partial charge on any atom is 0.264 e. The van der Waals surface area contributed by atoms with E-state index in [-0.39, 0.29) is 29.5 Å². The second-order valence-corrected chi connectivity index (χ2v) is 12.7. The Hall–Kier alpha value is -4.83. The molecule has 10 heteroatoms. The Bertz CT molecular complexity index is 1700. The molecule has 4 aromatic rings. The summed E-state index contributed by atoms with van der Waals surface area (Å²) in [4.78, 5) is 29.8. The van der Waals surface area contributed by atoms with Crippen molar-refractivity contribution in [1.82, 2.24) is 10.2 Å². The third-order valence-electron chi connectivity index (χ3n) is 7.56. The van der Waals surface area contributed by atoms with Gasteiger partial charge in [0.1, 0.15) is 12.6 Å². The number of amides is 2. The summed E-state index contributed by atoms with van der Waals surface area (Å²) in [5.74, 6) is -0.138. The summed E-state index contributed by atoms with van der Waals surface area (Å²) >= 11 is 0. The van der Waals surface area contributed by atoms with Crippen LogP contribution in [0.3, 0.4) is 0 Å². The van der Waals surface area contributed by atoms with E-state index in [2.05, 4.69) is 5.32 Å². The fourth-order valence-corrected chi connectivity index (χ4v) is 6.45. The van der Waals surface area contributed by atoms with E-state index in [0.29, 0.717) is 18.0 Å². The largest absolute Gasteiger partial charge is 0.493 e. The molecule has 4 rings (SSSR count). The van der Waals surface area contributed by atoms with Gasteiger partial charge in [-0.1, -0.05) is 85.3 Å². The van der Waals surface area contributed by atoms with E-state index in [1.807, 2.05) is 74.5 Å². The number of nitrogens with zero attached hydrogens (tertiary/aromatic N) is 2. The van der Waals surface area contributed by atoms with Gasteiger partial charge in [-0.05, 0) is 48.7 Å². The van der Waals surface area contributed by atoms with Gasteiger partial charge in [0, 0.05) is 25.6 Å². The maximum absolute atomic E-state index is 14.5. The number of anilines is 1. The SMILES string of the molecule is CCCNC(=O)[C@@H](Cc1ccccc1)N(Cc1ccccc1)C(=O)CN(c1ccc(OC)c(OC)c1)S(=O)(=O)c1ccc(C)cc1. The van der Waals surface area contributed by atoms with Crippen molar-refractivity contribution in [1.29, 1.82) is 0 Å². The minimum atomic E-state index is -4.25. The first-order chi connectivity index (χ1) is 22.2. The molecule has 9 nitrogen and oxygen atoms in total. The summed E-state index contributed by atoms with van der Waals surface area (Å²) in [6.07, 6.45) is 0.967. The smallest absolute Gasteiger partial charge is 0.264 e. The fourth-order valence-electron chi connectivity index (χ4n) is 5.05. The van der Waals surface area contributed by atoms with E-state index < -0.39 is 28.5 Å². The van der Waals surface area contributed by atoms with Gasteiger partial charge in [-0.25, -0.2) is 8.42 Å². The monoisotopic (exact) mass is 643 g/mol. The predicted molar refractivity (Wildman–Crippen MR) is 179 cm³/mol. The summed E-state index contributed by atoms with van der Waals surface area (Å²) < 4.78 is 40.4. The molecule has 46 heavy (non-hydrogen) atoms. The molecule has 0 aromatic heterocycles. The van der Waals surface area contributed by atoms with Gasteiger partial charge < -0.3 is 19.7 Å². The molecule has 4 aromatic carbocycles. The van der Waals surface area contributed by atoms with Crippen molar-refractivity contribution < 1.29 is 27.5 Å². The number of rotatable bonds is 15. The number of methoxy groups -OCH3 is 2. The van der Waals surface area contributed by atoms with Crippen LogP contribution in [-0.4, -0.2) is 58.5 Å². The van der Waals surface area contributed by atoms with Crippen LogP contribution >= 0.6 is 0 Å². The van der Waals surface area contributed by atoms with Crippen LogP contribution in [0.15, 0.2) is 108 Å². The minimum Gasteiger partial charge on any atom is -0.493 e. The first-order valence-electron chi connectivity index (χ1n) is 15.1. The molecular formula is C36H41N3O6S. The number of carbonyl (C=O) groups excluding carboxylic acids is 2. The van der Waals surface area contributed by atoms with E-state index in [1.54, 1.807) is 24.3 Å². The summed E-state index contributed by atoms with van der Waals surface area (Å²) in [6.45, 7) is 3.79. The molecule has 0 saturated heterocycles. The average Bonchev–Trinajstić information content (AvgIpc) is 3.08. The van der Waals surface area contributed by atoms with E-state index in [4.69, 9.17) is 9.47 Å². The molecule has 0 aliphatic heterocycles.